The summed E-state index contributed by atoms with van der Waals surface area (Å²) in [7, 11) is 0. The summed E-state index contributed by atoms with van der Waals surface area (Å²) >= 11 is 0. The minimum atomic E-state index is -0.935. The fraction of sp³-hybridized carbons (Fsp3) is 0.545. The lowest BCUT2D eigenvalue weighted by molar-refractivity contribution is -0.142. The van der Waals surface area contributed by atoms with E-state index in [0.29, 0.717) is 11.9 Å². The Balaban J connectivity index is 2.35. The molecule has 0 bridgehead atoms. The Morgan fingerprint density at radius 3 is 2.69 bits per heavy atom. The summed E-state index contributed by atoms with van der Waals surface area (Å²) in [5, 5.41) is 9.26. The van der Waals surface area contributed by atoms with Crippen LogP contribution in [0.15, 0.2) is 18.6 Å². The highest BCUT2D eigenvalue weighted by Crippen LogP contribution is 2.36. The molecule has 1 fully saturated rings. The van der Waals surface area contributed by atoms with Crippen LogP contribution in [0.1, 0.15) is 26.7 Å². The van der Waals surface area contributed by atoms with Crippen LogP contribution in [0, 0.1) is 0 Å². The van der Waals surface area contributed by atoms with Crippen molar-refractivity contribution >= 4 is 11.8 Å². The highest BCUT2D eigenvalue weighted by Gasteiger charge is 2.43. The zero-order valence-corrected chi connectivity index (χ0v) is 9.42. The normalized spacial score (nSPS) is 15.9. The van der Waals surface area contributed by atoms with Crippen LogP contribution >= 0.6 is 0 Å². The molecule has 2 rings (SSSR count). The molecule has 86 valence electrons. The van der Waals surface area contributed by atoms with Crippen LogP contribution in [0.2, 0.25) is 0 Å². The molecule has 0 saturated heterocycles. The number of aromatic nitrogens is 2. The SMILES string of the molecule is CC(C)(C(=O)O)N(c1ccncn1)C1CC1. The average molecular weight is 221 g/mol. The maximum atomic E-state index is 11.3. The van der Waals surface area contributed by atoms with Crippen molar-refractivity contribution in [2.75, 3.05) is 4.90 Å². The molecular formula is C11H15N3O2. The molecule has 1 aliphatic rings. The van der Waals surface area contributed by atoms with E-state index >= 15 is 0 Å². The summed E-state index contributed by atoms with van der Waals surface area (Å²) < 4.78 is 0. The summed E-state index contributed by atoms with van der Waals surface area (Å²) in [6, 6.07) is 2.05. The average Bonchev–Trinajstić information content (AvgIpc) is 3.03. The third-order valence-corrected chi connectivity index (χ3v) is 2.85. The molecule has 1 aromatic heterocycles. The molecule has 1 N–H and O–H groups in total. The molecule has 0 aliphatic heterocycles. The van der Waals surface area contributed by atoms with Crippen LogP contribution in [-0.2, 0) is 4.79 Å². The van der Waals surface area contributed by atoms with E-state index in [-0.39, 0.29) is 0 Å². The van der Waals surface area contributed by atoms with Crippen LogP contribution in [-0.4, -0.2) is 32.6 Å². The summed E-state index contributed by atoms with van der Waals surface area (Å²) in [6.07, 6.45) is 5.14. The van der Waals surface area contributed by atoms with Crippen molar-refractivity contribution in [3.8, 4) is 0 Å². The van der Waals surface area contributed by atoms with Gasteiger partial charge in [-0.05, 0) is 32.8 Å². The quantitative estimate of drug-likeness (QED) is 0.830. The van der Waals surface area contributed by atoms with Gasteiger partial charge in [-0.1, -0.05) is 0 Å². The lowest BCUT2D eigenvalue weighted by Crippen LogP contribution is -2.52. The van der Waals surface area contributed by atoms with Crippen molar-refractivity contribution in [2.45, 2.75) is 38.3 Å². The maximum Gasteiger partial charge on any atom is 0.329 e. The van der Waals surface area contributed by atoms with Crippen molar-refractivity contribution in [3.63, 3.8) is 0 Å². The number of nitrogens with zero attached hydrogens (tertiary/aromatic N) is 3. The Labute approximate surface area is 94.1 Å². The van der Waals surface area contributed by atoms with Gasteiger partial charge < -0.3 is 10.0 Å². The number of hydrogen-bond donors (Lipinski definition) is 1. The van der Waals surface area contributed by atoms with Crippen LogP contribution in [0.4, 0.5) is 5.82 Å². The summed E-state index contributed by atoms with van der Waals surface area (Å²) in [5.41, 5.74) is -0.935. The van der Waals surface area contributed by atoms with Gasteiger partial charge in [-0.2, -0.15) is 0 Å². The fourth-order valence-corrected chi connectivity index (χ4v) is 1.79. The van der Waals surface area contributed by atoms with Crippen molar-refractivity contribution in [2.24, 2.45) is 0 Å². The number of carbonyl (C=O) groups is 1. The molecule has 1 saturated carbocycles. The molecule has 1 aromatic rings. The minimum absolute atomic E-state index is 0.293. The Bertz CT molecular complexity index is 387. The fourth-order valence-electron chi connectivity index (χ4n) is 1.79. The van der Waals surface area contributed by atoms with Gasteiger partial charge in [0, 0.05) is 12.2 Å². The van der Waals surface area contributed by atoms with Gasteiger partial charge in [0.1, 0.15) is 17.7 Å². The maximum absolute atomic E-state index is 11.3. The van der Waals surface area contributed by atoms with Gasteiger partial charge in [-0.3, -0.25) is 0 Å². The first-order chi connectivity index (χ1) is 7.53. The molecule has 0 spiro atoms. The smallest absolute Gasteiger partial charge is 0.329 e. The van der Waals surface area contributed by atoms with Gasteiger partial charge in [0.25, 0.3) is 0 Å². The van der Waals surface area contributed by atoms with Gasteiger partial charge >= 0.3 is 5.97 Å². The first-order valence-electron chi connectivity index (χ1n) is 5.32. The molecular weight excluding hydrogens is 206 g/mol. The van der Waals surface area contributed by atoms with Crippen LogP contribution < -0.4 is 4.90 Å². The Morgan fingerprint density at radius 1 is 1.56 bits per heavy atom. The largest absolute Gasteiger partial charge is 0.480 e. The minimum Gasteiger partial charge on any atom is -0.480 e. The topological polar surface area (TPSA) is 66.3 Å². The zero-order chi connectivity index (χ0) is 11.8. The van der Waals surface area contributed by atoms with Crippen molar-refractivity contribution in [1.29, 1.82) is 0 Å². The third-order valence-electron chi connectivity index (χ3n) is 2.85. The molecule has 1 aliphatic carbocycles. The molecule has 5 nitrogen and oxygen atoms in total. The predicted octanol–water partition coefficient (Wildman–Crippen LogP) is 1.31. The van der Waals surface area contributed by atoms with E-state index in [1.54, 1.807) is 26.1 Å². The standard InChI is InChI=1S/C11H15N3O2/c1-11(2,10(15)16)14(8-3-4-8)9-5-6-12-7-13-9/h5-8H,3-4H2,1-2H3,(H,15,16). The predicted molar refractivity (Wildman–Crippen MR) is 59.2 cm³/mol. The molecule has 0 aromatic carbocycles. The van der Waals surface area contributed by atoms with Gasteiger partial charge in [-0.25, -0.2) is 14.8 Å². The van der Waals surface area contributed by atoms with Crippen LogP contribution in [0.25, 0.3) is 0 Å². The molecule has 16 heavy (non-hydrogen) atoms. The van der Waals surface area contributed by atoms with E-state index in [9.17, 15) is 9.90 Å². The van der Waals surface area contributed by atoms with Crippen LogP contribution in [0.3, 0.4) is 0 Å². The number of hydrogen-bond acceptors (Lipinski definition) is 4. The van der Waals surface area contributed by atoms with E-state index in [4.69, 9.17) is 0 Å². The van der Waals surface area contributed by atoms with Crippen molar-refractivity contribution in [1.82, 2.24) is 9.97 Å². The van der Waals surface area contributed by atoms with E-state index in [1.807, 2.05) is 4.90 Å². The van der Waals surface area contributed by atoms with Crippen molar-refractivity contribution in [3.05, 3.63) is 18.6 Å². The summed E-state index contributed by atoms with van der Waals surface area (Å²) in [5.74, 6) is -0.150. The number of carboxylic acids is 1. The second-order valence-corrected chi connectivity index (χ2v) is 4.53. The van der Waals surface area contributed by atoms with Gasteiger partial charge in [0.05, 0.1) is 0 Å². The molecule has 1 heterocycles. The Morgan fingerprint density at radius 2 is 2.25 bits per heavy atom. The third kappa shape index (κ3) is 1.85. The Hall–Kier alpha value is -1.65. The highest BCUT2D eigenvalue weighted by molar-refractivity contribution is 5.82. The molecule has 0 atom stereocenters. The lowest BCUT2D eigenvalue weighted by Gasteiger charge is -2.36. The first kappa shape index (κ1) is 10.9. The molecule has 0 radical (unpaired) electrons. The van der Waals surface area contributed by atoms with E-state index in [1.165, 1.54) is 6.33 Å². The molecule has 0 amide bonds. The zero-order valence-electron chi connectivity index (χ0n) is 9.42. The second-order valence-electron chi connectivity index (χ2n) is 4.53. The number of carboxylic acid groups (broad SMARTS) is 1. The number of anilines is 1. The number of rotatable bonds is 4. The van der Waals surface area contributed by atoms with E-state index in [0.717, 1.165) is 12.8 Å². The Kier molecular flexibility index (Phi) is 2.53. The lowest BCUT2D eigenvalue weighted by atomic mass is 10.0. The molecule has 5 heteroatoms. The monoisotopic (exact) mass is 221 g/mol. The highest BCUT2D eigenvalue weighted by atomic mass is 16.4. The van der Waals surface area contributed by atoms with E-state index < -0.39 is 11.5 Å². The van der Waals surface area contributed by atoms with Gasteiger partial charge in [0.2, 0.25) is 0 Å². The van der Waals surface area contributed by atoms with Crippen molar-refractivity contribution < 1.29 is 9.90 Å². The van der Waals surface area contributed by atoms with Gasteiger partial charge in [0.15, 0.2) is 0 Å². The first-order valence-corrected chi connectivity index (χ1v) is 5.32. The van der Waals surface area contributed by atoms with Crippen LogP contribution in [0.5, 0.6) is 0 Å². The van der Waals surface area contributed by atoms with Gasteiger partial charge in [-0.15, -0.1) is 0 Å². The molecule has 0 unspecified atom stereocenters. The number of aliphatic carboxylic acids is 1. The summed E-state index contributed by atoms with van der Waals surface area (Å²) in [4.78, 5) is 21.1. The summed E-state index contributed by atoms with van der Waals surface area (Å²) in [6.45, 7) is 3.41. The second kappa shape index (κ2) is 3.73. The van der Waals surface area contributed by atoms with E-state index in [2.05, 4.69) is 9.97 Å².